The summed E-state index contributed by atoms with van der Waals surface area (Å²) in [6.45, 7) is 0. The summed E-state index contributed by atoms with van der Waals surface area (Å²) in [6, 6.07) is 70.3. The van der Waals surface area contributed by atoms with Crippen molar-refractivity contribution in [3.8, 4) is 33.6 Å². The van der Waals surface area contributed by atoms with Crippen molar-refractivity contribution in [1.29, 1.82) is 0 Å². The number of para-hydroxylation sites is 2. The number of aromatic nitrogens is 2. The van der Waals surface area contributed by atoms with Gasteiger partial charge in [-0.25, -0.2) is 0 Å². The summed E-state index contributed by atoms with van der Waals surface area (Å²) in [5, 5.41) is 9.50. The van der Waals surface area contributed by atoms with Crippen molar-refractivity contribution in [2.45, 2.75) is 0 Å². The Morgan fingerprint density at radius 1 is 0.309 bits per heavy atom. The maximum atomic E-state index is 6.71. The van der Waals surface area contributed by atoms with Crippen molar-refractivity contribution in [1.82, 2.24) is 9.13 Å². The predicted molar refractivity (Wildman–Crippen MR) is 231 cm³/mol. The van der Waals surface area contributed by atoms with Crippen LogP contribution in [0.1, 0.15) is 0 Å². The Morgan fingerprint density at radius 3 is 1.80 bits per heavy atom. The van der Waals surface area contributed by atoms with Crippen LogP contribution in [0.15, 0.2) is 199 Å². The molecule has 0 fully saturated rings. The highest BCUT2D eigenvalue weighted by Gasteiger charge is 2.20. The molecule has 3 heteroatoms. The lowest BCUT2D eigenvalue weighted by Crippen LogP contribution is -1.94. The molecule has 256 valence electrons. The molecule has 0 saturated heterocycles. The van der Waals surface area contributed by atoms with Gasteiger partial charge in [0.15, 0.2) is 0 Å². The van der Waals surface area contributed by atoms with E-state index in [2.05, 4.69) is 197 Å². The minimum absolute atomic E-state index is 0.906. The van der Waals surface area contributed by atoms with E-state index < -0.39 is 0 Å². The Labute approximate surface area is 316 Å². The zero-order valence-corrected chi connectivity index (χ0v) is 29.8. The molecule has 12 rings (SSSR count). The van der Waals surface area contributed by atoms with Gasteiger partial charge in [-0.05, 0) is 106 Å². The second-order valence-electron chi connectivity index (χ2n) is 14.5. The first-order chi connectivity index (χ1) is 27.3. The van der Waals surface area contributed by atoms with Gasteiger partial charge in [0.25, 0.3) is 0 Å². The third-order valence-corrected chi connectivity index (χ3v) is 11.5. The SMILES string of the molecule is c1ccc(-c2cccc(-n3c4ccccc4c4cc(-c5ccc6c(c5)c5c7oc8ccccc8c7ccc5n6-c5ccc6ccccc6c5)ccc43)c2)cc1. The topological polar surface area (TPSA) is 23.0 Å². The summed E-state index contributed by atoms with van der Waals surface area (Å²) < 4.78 is 11.5. The van der Waals surface area contributed by atoms with Crippen LogP contribution in [0.4, 0.5) is 0 Å². The van der Waals surface area contributed by atoms with E-state index in [4.69, 9.17) is 4.42 Å². The van der Waals surface area contributed by atoms with E-state index in [-0.39, 0.29) is 0 Å². The standard InChI is InChI=1S/C52H32N2O/c1-2-11-33(12-3-1)36-15-10-16-39(29-36)53-46-19-8-6-17-41(46)44-31-37(22-26-47(44)53)38-23-27-48-45(32-38)51-49(28-25-43-42-18-7-9-20-50(42)55-52(43)51)54(48)40-24-21-34-13-4-5-14-35(34)30-40/h1-32H. The number of benzene rings is 9. The van der Waals surface area contributed by atoms with Crippen molar-refractivity contribution in [2.75, 3.05) is 0 Å². The zero-order chi connectivity index (χ0) is 36.0. The molecule has 0 spiro atoms. The van der Waals surface area contributed by atoms with E-state index in [1.54, 1.807) is 0 Å². The van der Waals surface area contributed by atoms with E-state index in [0.717, 1.165) is 49.7 Å². The Bertz CT molecular complexity index is 3490. The maximum absolute atomic E-state index is 6.71. The summed E-state index contributed by atoms with van der Waals surface area (Å²) >= 11 is 0. The highest BCUT2D eigenvalue weighted by atomic mass is 16.3. The van der Waals surface area contributed by atoms with Crippen molar-refractivity contribution in [3.63, 3.8) is 0 Å². The fourth-order valence-corrected chi connectivity index (χ4v) is 8.95. The van der Waals surface area contributed by atoms with Crippen molar-refractivity contribution in [2.24, 2.45) is 0 Å². The third kappa shape index (κ3) is 4.50. The highest BCUT2D eigenvalue weighted by molar-refractivity contribution is 6.24. The molecular formula is C52H32N2O. The molecule has 0 unspecified atom stereocenters. The number of hydrogen-bond acceptors (Lipinski definition) is 1. The van der Waals surface area contributed by atoms with Crippen molar-refractivity contribution < 1.29 is 4.42 Å². The monoisotopic (exact) mass is 700 g/mol. The van der Waals surface area contributed by atoms with E-state index in [1.807, 2.05) is 6.07 Å². The predicted octanol–water partition coefficient (Wildman–Crippen LogP) is 14.3. The largest absolute Gasteiger partial charge is 0.455 e. The average Bonchev–Trinajstić information content (AvgIpc) is 3.91. The van der Waals surface area contributed by atoms with Gasteiger partial charge in [0.1, 0.15) is 11.2 Å². The lowest BCUT2D eigenvalue weighted by Gasteiger charge is -2.11. The fourth-order valence-electron chi connectivity index (χ4n) is 8.95. The molecule has 3 aromatic heterocycles. The smallest absolute Gasteiger partial charge is 0.145 e. The van der Waals surface area contributed by atoms with Crippen LogP contribution in [0.2, 0.25) is 0 Å². The molecule has 3 heterocycles. The quantitative estimate of drug-likeness (QED) is 0.179. The summed E-state index contributed by atoms with van der Waals surface area (Å²) in [5.74, 6) is 0. The molecule has 0 amide bonds. The first kappa shape index (κ1) is 30.1. The molecule has 0 N–H and O–H groups in total. The minimum Gasteiger partial charge on any atom is -0.455 e. The van der Waals surface area contributed by atoms with E-state index in [9.17, 15) is 0 Å². The van der Waals surface area contributed by atoms with E-state index >= 15 is 0 Å². The summed E-state index contributed by atoms with van der Waals surface area (Å²) in [7, 11) is 0. The van der Waals surface area contributed by atoms with Crippen LogP contribution in [0, 0.1) is 0 Å². The van der Waals surface area contributed by atoms with Gasteiger partial charge in [-0.3, -0.25) is 0 Å². The molecule has 55 heavy (non-hydrogen) atoms. The van der Waals surface area contributed by atoms with Crippen LogP contribution >= 0.6 is 0 Å². The Kier molecular flexibility index (Phi) is 6.34. The Balaban J connectivity index is 1.09. The summed E-state index contributed by atoms with van der Waals surface area (Å²) in [4.78, 5) is 0. The van der Waals surface area contributed by atoms with E-state index in [0.29, 0.717) is 0 Å². The lowest BCUT2D eigenvalue weighted by atomic mass is 10.00. The molecule has 9 aromatic carbocycles. The highest BCUT2D eigenvalue weighted by Crippen LogP contribution is 2.43. The average molecular weight is 701 g/mol. The van der Waals surface area contributed by atoms with Crippen molar-refractivity contribution in [3.05, 3.63) is 194 Å². The van der Waals surface area contributed by atoms with Gasteiger partial charge >= 0.3 is 0 Å². The normalized spacial score (nSPS) is 12.0. The number of rotatable bonds is 4. The third-order valence-electron chi connectivity index (χ3n) is 11.5. The Hall–Kier alpha value is -7.36. The molecule has 0 bridgehead atoms. The van der Waals surface area contributed by atoms with Crippen LogP contribution in [-0.4, -0.2) is 9.13 Å². The molecule has 0 atom stereocenters. The second kappa shape index (κ2) is 11.6. The van der Waals surface area contributed by atoms with E-state index in [1.165, 1.54) is 60.2 Å². The molecular weight excluding hydrogens is 669 g/mol. The zero-order valence-electron chi connectivity index (χ0n) is 29.8. The summed E-state index contributed by atoms with van der Waals surface area (Å²) in [6.07, 6.45) is 0. The van der Waals surface area contributed by atoms with Gasteiger partial charge < -0.3 is 13.6 Å². The van der Waals surface area contributed by atoms with Crippen LogP contribution < -0.4 is 0 Å². The number of furan rings is 1. The molecule has 0 aliphatic carbocycles. The van der Waals surface area contributed by atoms with Gasteiger partial charge in [-0.2, -0.15) is 0 Å². The molecule has 3 nitrogen and oxygen atoms in total. The minimum atomic E-state index is 0.906. The first-order valence-corrected chi connectivity index (χ1v) is 18.8. The molecule has 0 aliphatic rings. The van der Waals surface area contributed by atoms with Gasteiger partial charge in [-0.1, -0.05) is 121 Å². The van der Waals surface area contributed by atoms with Gasteiger partial charge in [0.2, 0.25) is 0 Å². The van der Waals surface area contributed by atoms with Gasteiger partial charge in [-0.15, -0.1) is 0 Å². The molecule has 0 radical (unpaired) electrons. The number of hydrogen-bond donors (Lipinski definition) is 0. The van der Waals surface area contributed by atoms with Crippen LogP contribution in [0.25, 0.3) is 110 Å². The maximum Gasteiger partial charge on any atom is 0.145 e. The van der Waals surface area contributed by atoms with Gasteiger partial charge in [0.05, 0.1) is 27.5 Å². The van der Waals surface area contributed by atoms with Crippen molar-refractivity contribution >= 4 is 76.3 Å². The molecule has 0 saturated carbocycles. The number of nitrogens with zero attached hydrogens (tertiary/aromatic N) is 2. The van der Waals surface area contributed by atoms with Crippen LogP contribution in [-0.2, 0) is 0 Å². The van der Waals surface area contributed by atoms with Gasteiger partial charge in [0, 0.05) is 38.3 Å². The van der Waals surface area contributed by atoms with Crippen LogP contribution in [0.5, 0.6) is 0 Å². The lowest BCUT2D eigenvalue weighted by molar-refractivity contribution is 0.673. The molecule has 0 aliphatic heterocycles. The summed E-state index contributed by atoms with van der Waals surface area (Å²) in [5.41, 5.74) is 13.5. The Morgan fingerprint density at radius 2 is 0.927 bits per heavy atom. The molecule has 12 aromatic rings. The first-order valence-electron chi connectivity index (χ1n) is 18.8. The van der Waals surface area contributed by atoms with Crippen LogP contribution in [0.3, 0.4) is 0 Å². The second-order valence-corrected chi connectivity index (χ2v) is 14.5. The fraction of sp³-hybridized carbons (Fsp3) is 0. The number of fused-ring (bicyclic) bond motifs is 11.